The van der Waals surface area contributed by atoms with Crippen LogP contribution in [0.3, 0.4) is 0 Å². The molecule has 1 rings (SSSR count). The van der Waals surface area contributed by atoms with Gasteiger partial charge in [-0.25, -0.2) is 8.78 Å². The lowest BCUT2D eigenvalue weighted by Crippen LogP contribution is -2.12. The summed E-state index contributed by atoms with van der Waals surface area (Å²) in [6.07, 6.45) is -1.39. The zero-order valence-corrected chi connectivity index (χ0v) is 6.63. The molecule has 10 heavy (non-hydrogen) atoms. The van der Waals surface area contributed by atoms with Gasteiger partial charge in [0.1, 0.15) is 0 Å². The quantitative estimate of drug-likeness (QED) is 0.679. The van der Waals surface area contributed by atoms with Gasteiger partial charge in [0.25, 0.3) is 0 Å². The summed E-state index contributed by atoms with van der Waals surface area (Å²) >= 11 is 0. The maximum atomic E-state index is 11.8. The summed E-state index contributed by atoms with van der Waals surface area (Å²) in [5, 5.41) is 2.88. The summed E-state index contributed by atoms with van der Waals surface area (Å²) in [6, 6.07) is 0. The van der Waals surface area contributed by atoms with E-state index in [-0.39, 0.29) is 24.2 Å². The lowest BCUT2D eigenvalue weighted by Gasteiger charge is -1.95. The van der Waals surface area contributed by atoms with Crippen molar-refractivity contribution in [3.8, 4) is 0 Å². The number of nitrogens with one attached hydrogen (secondary N) is 1. The molecule has 0 aromatic carbocycles. The fraction of sp³-hybridized carbons (Fsp3) is 1.00. The zero-order valence-electron chi connectivity index (χ0n) is 5.81. The molecule has 0 spiro atoms. The van der Waals surface area contributed by atoms with Crippen LogP contribution < -0.4 is 5.32 Å². The topological polar surface area (TPSA) is 12.0 Å². The van der Waals surface area contributed by atoms with Crippen LogP contribution in [0.2, 0.25) is 0 Å². The fourth-order valence-electron chi connectivity index (χ4n) is 1.08. The minimum Gasteiger partial charge on any atom is -0.319 e. The van der Waals surface area contributed by atoms with E-state index in [0.717, 1.165) is 6.54 Å². The summed E-state index contributed by atoms with van der Waals surface area (Å²) in [5.41, 5.74) is 0. The Labute approximate surface area is 65.6 Å². The first-order chi connectivity index (χ1) is 4.25. The molecule has 0 saturated heterocycles. The first kappa shape index (κ1) is 10.1. The molecule has 0 aromatic rings. The Bertz CT molecular complexity index is 99.7. The molecule has 1 aliphatic carbocycles. The molecule has 1 nitrogen and oxygen atoms in total. The summed E-state index contributed by atoms with van der Waals surface area (Å²) in [4.78, 5) is 0. The van der Waals surface area contributed by atoms with E-state index in [1.165, 1.54) is 0 Å². The minimum absolute atomic E-state index is 0. The van der Waals surface area contributed by atoms with Gasteiger partial charge in [-0.2, -0.15) is 0 Å². The first-order valence-corrected chi connectivity index (χ1v) is 3.18. The van der Waals surface area contributed by atoms with E-state index < -0.39 is 6.43 Å². The molecule has 2 atom stereocenters. The molecule has 1 aliphatic rings. The minimum atomic E-state index is -2.09. The molecule has 1 fully saturated rings. The van der Waals surface area contributed by atoms with Crippen molar-refractivity contribution in [2.24, 2.45) is 11.8 Å². The molecule has 0 aromatic heterocycles. The highest BCUT2D eigenvalue weighted by molar-refractivity contribution is 5.85. The standard InChI is InChI=1S/C6H11F2N.ClH/c1-9-3-4-2-5(4)6(7)8;/h4-6,9H,2-3H2,1H3;1H. The summed E-state index contributed by atoms with van der Waals surface area (Å²) < 4.78 is 23.5. The van der Waals surface area contributed by atoms with Gasteiger partial charge >= 0.3 is 0 Å². The molecular formula is C6H12ClF2N. The normalized spacial score (nSPS) is 30.0. The Kier molecular flexibility index (Phi) is 4.13. The second kappa shape index (κ2) is 4.09. The largest absolute Gasteiger partial charge is 0.319 e. The SMILES string of the molecule is CNCC1CC1C(F)F.Cl. The zero-order chi connectivity index (χ0) is 6.85. The maximum absolute atomic E-state index is 11.8. The molecule has 0 radical (unpaired) electrons. The Hall–Kier alpha value is 0.110. The van der Waals surface area contributed by atoms with E-state index in [2.05, 4.69) is 5.32 Å². The summed E-state index contributed by atoms with van der Waals surface area (Å²) in [5.74, 6) is -0.0625. The third kappa shape index (κ3) is 2.39. The molecule has 62 valence electrons. The van der Waals surface area contributed by atoms with Crippen LogP contribution in [0.4, 0.5) is 8.78 Å². The van der Waals surface area contributed by atoms with Crippen molar-refractivity contribution in [2.75, 3.05) is 13.6 Å². The van der Waals surface area contributed by atoms with Crippen LogP contribution in [0.5, 0.6) is 0 Å². The van der Waals surface area contributed by atoms with E-state index in [0.29, 0.717) is 6.42 Å². The molecule has 2 unspecified atom stereocenters. The van der Waals surface area contributed by atoms with Crippen LogP contribution >= 0.6 is 12.4 Å². The molecular weight excluding hydrogens is 160 g/mol. The highest BCUT2D eigenvalue weighted by Crippen LogP contribution is 2.42. The average molecular weight is 172 g/mol. The van der Waals surface area contributed by atoms with Crippen LogP contribution in [0, 0.1) is 11.8 Å². The van der Waals surface area contributed by atoms with Gasteiger partial charge in [-0.1, -0.05) is 0 Å². The predicted octanol–water partition coefficient (Wildman–Crippen LogP) is 1.53. The number of rotatable bonds is 3. The smallest absolute Gasteiger partial charge is 0.241 e. The van der Waals surface area contributed by atoms with Crippen LogP contribution in [0.1, 0.15) is 6.42 Å². The average Bonchev–Trinajstić information content (AvgIpc) is 2.47. The van der Waals surface area contributed by atoms with Gasteiger partial charge in [0, 0.05) is 5.92 Å². The molecule has 0 aliphatic heterocycles. The van der Waals surface area contributed by atoms with Crippen LogP contribution in [0.15, 0.2) is 0 Å². The van der Waals surface area contributed by atoms with Gasteiger partial charge in [-0.05, 0) is 25.9 Å². The van der Waals surface area contributed by atoms with Crippen LogP contribution in [-0.2, 0) is 0 Å². The van der Waals surface area contributed by atoms with Crippen molar-refractivity contribution < 1.29 is 8.78 Å². The van der Waals surface area contributed by atoms with E-state index in [9.17, 15) is 8.78 Å². The first-order valence-electron chi connectivity index (χ1n) is 3.18. The number of hydrogen-bond donors (Lipinski definition) is 1. The lowest BCUT2D eigenvalue weighted by molar-refractivity contribution is 0.116. The number of halogens is 3. The molecule has 0 bridgehead atoms. The molecule has 0 heterocycles. The highest BCUT2D eigenvalue weighted by atomic mass is 35.5. The molecule has 0 amide bonds. The monoisotopic (exact) mass is 171 g/mol. The maximum Gasteiger partial charge on any atom is 0.241 e. The Balaban J connectivity index is 0.000000810. The van der Waals surface area contributed by atoms with E-state index in [4.69, 9.17) is 0 Å². The number of alkyl halides is 2. The van der Waals surface area contributed by atoms with Crippen molar-refractivity contribution >= 4 is 12.4 Å². The highest BCUT2D eigenvalue weighted by Gasteiger charge is 2.43. The fourth-order valence-corrected chi connectivity index (χ4v) is 1.08. The van der Waals surface area contributed by atoms with Gasteiger partial charge in [-0.3, -0.25) is 0 Å². The van der Waals surface area contributed by atoms with Crippen molar-refractivity contribution in [2.45, 2.75) is 12.8 Å². The van der Waals surface area contributed by atoms with Crippen LogP contribution in [0.25, 0.3) is 0 Å². The lowest BCUT2D eigenvalue weighted by atomic mass is 10.3. The van der Waals surface area contributed by atoms with Crippen molar-refractivity contribution in [3.05, 3.63) is 0 Å². The third-order valence-corrected chi connectivity index (χ3v) is 1.77. The second-order valence-electron chi connectivity index (χ2n) is 2.55. The van der Waals surface area contributed by atoms with Gasteiger partial charge in [0.2, 0.25) is 6.43 Å². The Morgan fingerprint density at radius 3 is 2.50 bits per heavy atom. The van der Waals surface area contributed by atoms with E-state index in [1.807, 2.05) is 0 Å². The van der Waals surface area contributed by atoms with Gasteiger partial charge in [0.05, 0.1) is 0 Å². The van der Waals surface area contributed by atoms with Crippen molar-refractivity contribution in [3.63, 3.8) is 0 Å². The summed E-state index contributed by atoms with van der Waals surface area (Å²) in [7, 11) is 1.79. The third-order valence-electron chi connectivity index (χ3n) is 1.77. The molecule has 1 N–H and O–H groups in total. The van der Waals surface area contributed by atoms with Gasteiger partial charge in [0.15, 0.2) is 0 Å². The molecule has 4 heteroatoms. The van der Waals surface area contributed by atoms with Gasteiger partial charge in [-0.15, -0.1) is 12.4 Å². The predicted molar refractivity (Wildman–Crippen MR) is 38.8 cm³/mol. The summed E-state index contributed by atoms with van der Waals surface area (Å²) in [6.45, 7) is 0.745. The van der Waals surface area contributed by atoms with Crippen molar-refractivity contribution in [1.29, 1.82) is 0 Å². The second-order valence-corrected chi connectivity index (χ2v) is 2.55. The molecule has 1 saturated carbocycles. The Morgan fingerprint density at radius 2 is 2.20 bits per heavy atom. The van der Waals surface area contributed by atoms with Crippen molar-refractivity contribution in [1.82, 2.24) is 5.32 Å². The van der Waals surface area contributed by atoms with E-state index in [1.54, 1.807) is 7.05 Å². The van der Waals surface area contributed by atoms with Crippen LogP contribution in [-0.4, -0.2) is 20.0 Å². The van der Waals surface area contributed by atoms with Gasteiger partial charge < -0.3 is 5.32 Å². The Morgan fingerprint density at radius 1 is 1.60 bits per heavy atom. The van der Waals surface area contributed by atoms with E-state index >= 15 is 0 Å². The number of hydrogen-bond acceptors (Lipinski definition) is 1.